The third kappa shape index (κ3) is 4.10. The first-order chi connectivity index (χ1) is 13.7. The zero-order valence-corrected chi connectivity index (χ0v) is 15.7. The van der Waals surface area contributed by atoms with Crippen molar-refractivity contribution in [1.29, 1.82) is 0 Å². The van der Waals surface area contributed by atoms with Crippen molar-refractivity contribution in [2.45, 2.75) is 13.1 Å². The first-order valence-electron chi connectivity index (χ1n) is 8.70. The van der Waals surface area contributed by atoms with Gasteiger partial charge in [-0.1, -0.05) is 30.3 Å². The number of amides is 1. The monoisotopic (exact) mass is 391 g/mol. The van der Waals surface area contributed by atoms with Gasteiger partial charge < -0.3 is 14.3 Å². The number of hydrogen-bond acceptors (Lipinski definition) is 5. The Balaban J connectivity index is 1.35. The quantitative estimate of drug-likeness (QED) is 0.545. The molecule has 6 nitrogen and oxygen atoms in total. The number of pyridine rings is 1. The average Bonchev–Trinajstić information content (AvgIpc) is 3.41. The van der Waals surface area contributed by atoms with Gasteiger partial charge in [-0.15, -0.1) is 11.3 Å². The lowest BCUT2D eigenvalue weighted by Crippen LogP contribution is -2.23. The smallest absolute Gasteiger partial charge is 0.271 e. The molecule has 4 aromatic rings. The highest BCUT2D eigenvalue weighted by Gasteiger charge is 2.13. The van der Waals surface area contributed by atoms with Crippen LogP contribution in [0.25, 0.3) is 10.8 Å². The molecule has 0 aliphatic heterocycles. The minimum atomic E-state index is -0.228. The van der Waals surface area contributed by atoms with Crippen LogP contribution >= 0.6 is 11.3 Å². The third-order valence-electron chi connectivity index (χ3n) is 4.20. The summed E-state index contributed by atoms with van der Waals surface area (Å²) in [5, 5.41) is 5.26. The maximum Gasteiger partial charge on any atom is 0.271 e. The molecule has 0 aliphatic carbocycles. The van der Waals surface area contributed by atoms with E-state index in [-0.39, 0.29) is 11.5 Å². The van der Waals surface area contributed by atoms with E-state index in [0.29, 0.717) is 29.6 Å². The second-order valence-electron chi connectivity index (χ2n) is 6.18. The van der Waals surface area contributed by atoms with E-state index in [4.69, 9.17) is 4.42 Å². The summed E-state index contributed by atoms with van der Waals surface area (Å²) in [5.74, 6) is 0.422. The van der Waals surface area contributed by atoms with E-state index in [9.17, 15) is 9.59 Å². The molecule has 0 bridgehead atoms. The van der Waals surface area contributed by atoms with E-state index in [2.05, 4.69) is 10.3 Å². The lowest BCUT2D eigenvalue weighted by Gasteiger charge is -2.07. The summed E-state index contributed by atoms with van der Waals surface area (Å²) in [6.07, 6.45) is 3.34. The van der Waals surface area contributed by atoms with Crippen molar-refractivity contribution >= 4 is 17.2 Å². The van der Waals surface area contributed by atoms with Crippen molar-refractivity contribution < 1.29 is 9.21 Å². The highest BCUT2D eigenvalue weighted by Crippen LogP contribution is 2.23. The molecule has 1 amide bonds. The first-order valence-corrected chi connectivity index (χ1v) is 9.58. The van der Waals surface area contributed by atoms with Crippen LogP contribution in [-0.2, 0) is 13.1 Å². The Kier molecular flexibility index (Phi) is 5.16. The van der Waals surface area contributed by atoms with Gasteiger partial charge in [0.15, 0.2) is 10.8 Å². The molecule has 7 heteroatoms. The molecule has 4 rings (SSSR count). The second-order valence-corrected chi connectivity index (χ2v) is 7.04. The van der Waals surface area contributed by atoms with E-state index >= 15 is 0 Å². The van der Waals surface area contributed by atoms with Gasteiger partial charge in [0.05, 0.1) is 12.8 Å². The summed E-state index contributed by atoms with van der Waals surface area (Å²) in [6.45, 7) is 0.915. The van der Waals surface area contributed by atoms with E-state index in [1.54, 1.807) is 40.6 Å². The number of furan rings is 1. The number of nitrogens with one attached hydrogen (secondary N) is 1. The zero-order chi connectivity index (χ0) is 19.3. The Morgan fingerprint density at radius 2 is 1.89 bits per heavy atom. The number of rotatable bonds is 6. The van der Waals surface area contributed by atoms with Gasteiger partial charge in [0.1, 0.15) is 5.69 Å². The SMILES string of the molecule is O=C(NCc1ccc(Cn2ccccc2=O)cc1)c1csc(-c2ccco2)n1. The Morgan fingerprint density at radius 3 is 2.64 bits per heavy atom. The Labute approximate surface area is 165 Å². The molecule has 0 fully saturated rings. The normalized spacial score (nSPS) is 10.7. The van der Waals surface area contributed by atoms with Crippen LogP contribution < -0.4 is 10.9 Å². The fourth-order valence-corrected chi connectivity index (χ4v) is 3.48. The van der Waals surface area contributed by atoms with Gasteiger partial charge in [-0.25, -0.2) is 4.98 Å². The predicted molar refractivity (Wildman–Crippen MR) is 107 cm³/mol. The molecule has 0 unspecified atom stereocenters. The van der Waals surface area contributed by atoms with Crippen LogP contribution in [0.2, 0.25) is 0 Å². The van der Waals surface area contributed by atoms with Crippen LogP contribution in [0.15, 0.2) is 81.6 Å². The number of hydrogen-bond donors (Lipinski definition) is 1. The van der Waals surface area contributed by atoms with Gasteiger partial charge in [0.25, 0.3) is 11.5 Å². The maximum absolute atomic E-state index is 12.3. The fourth-order valence-electron chi connectivity index (χ4n) is 2.71. The number of nitrogens with zero attached hydrogens (tertiary/aromatic N) is 2. The zero-order valence-electron chi connectivity index (χ0n) is 14.9. The fraction of sp³-hybridized carbons (Fsp3) is 0.0952. The molecule has 0 atom stereocenters. The minimum Gasteiger partial charge on any atom is -0.462 e. The van der Waals surface area contributed by atoms with E-state index < -0.39 is 0 Å². The highest BCUT2D eigenvalue weighted by molar-refractivity contribution is 7.13. The van der Waals surface area contributed by atoms with Crippen molar-refractivity contribution in [3.63, 3.8) is 0 Å². The van der Waals surface area contributed by atoms with Gasteiger partial charge in [-0.3, -0.25) is 9.59 Å². The summed E-state index contributed by atoms with van der Waals surface area (Å²) >= 11 is 1.37. The Hall–Kier alpha value is -3.45. The lowest BCUT2D eigenvalue weighted by atomic mass is 10.1. The Morgan fingerprint density at radius 1 is 1.07 bits per heavy atom. The van der Waals surface area contributed by atoms with E-state index in [0.717, 1.165) is 11.1 Å². The van der Waals surface area contributed by atoms with Crippen molar-refractivity contribution in [2.24, 2.45) is 0 Å². The van der Waals surface area contributed by atoms with E-state index in [1.807, 2.05) is 36.4 Å². The molecule has 0 saturated heterocycles. The molecular weight excluding hydrogens is 374 g/mol. The number of carbonyl (C=O) groups is 1. The summed E-state index contributed by atoms with van der Waals surface area (Å²) in [6, 6.07) is 16.5. The topological polar surface area (TPSA) is 77.1 Å². The van der Waals surface area contributed by atoms with Crippen LogP contribution in [0.4, 0.5) is 0 Å². The van der Waals surface area contributed by atoms with Gasteiger partial charge in [0, 0.05) is 24.2 Å². The van der Waals surface area contributed by atoms with Crippen molar-refractivity contribution in [1.82, 2.24) is 14.9 Å². The molecule has 0 aliphatic rings. The Bertz CT molecular complexity index is 1130. The van der Waals surface area contributed by atoms with Crippen LogP contribution in [0, 0.1) is 0 Å². The highest BCUT2D eigenvalue weighted by atomic mass is 32.1. The van der Waals surface area contributed by atoms with Crippen LogP contribution in [0.5, 0.6) is 0 Å². The van der Waals surface area contributed by atoms with Gasteiger partial charge in [0.2, 0.25) is 0 Å². The predicted octanol–water partition coefficient (Wildman–Crippen LogP) is 3.54. The second kappa shape index (κ2) is 8.06. The van der Waals surface area contributed by atoms with Crippen LogP contribution in [0.1, 0.15) is 21.6 Å². The number of aromatic nitrogens is 2. The third-order valence-corrected chi connectivity index (χ3v) is 5.05. The molecule has 3 heterocycles. The van der Waals surface area contributed by atoms with Crippen LogP contribution in [0.3, 0.4) is 0 Å². The number of thiazole rings is 1. The number of carbonyl (C=O) groups excluding carboxylic acids is 1. The molecule has 3 aromatic heterocycles. The molecule has 0 saturated carbocycles. The van der Waals surface area contributed by atoms with Gasteiger partial charge in [-0.05, 0) is 29.3 Å². The number of benzene rings is 1. The van der Waals surface area contributed by atoms with Crippen LogP contribution in [-0.4, -0.2) is 15.5 Å². The first kappa shape index (κ1) is 17.9. The molecule has 0 radical (unpaired) electrons. The average molecular weight is 391 g/mol. The summed E-state index contributed by atoms with van der Waals surface area (Å²) in [4.78, 5) is 28.4. The molecule has 1 aromatic carbocycles. The summed E-state index contributed by atoms with van der Waals surface area (Å²) in [7, 11) is 0. The standard InChI is InChI=1S/C21H17N3O3S/c25-19-5-1-2-10-24(19)13-16-8-6-15(7-9-16)12-22-20(26)17-14-28-21(23-17)18-4-3-11-27-18/h1-11,14H,12-13H2,(H,22,26). The molecule has 28 heavy (non-hydrogen) atoms. The molecule has 140 valence electrons. The van der Waals surface area contributed by atoms with Gasteiger partial charge >= 0.3 is 0 Å². The summed E-state index contributed by atoms with van der Waals surface area (Å²) in [5.41, 5.74) is 2.33. The van der Waals surface area contributed by atoms with Gasteiger partial charge in [-0.2, -0.15) is 0 Å². The maximum atomic E-state index is 12.3. The largest absolute Gasteiger partial charge is 0.462 e. The van der Waals surface area contributed by atoms with Crippen molar-refractivity contribution in [3.05, 3.63) is 99.6 Å². The summed E-state index contributed by atoms with van der Waals surface area (Å²) < 4.78 is 6.95. The van der Waals surface area contributed by atoms with Crippen molar-refractivity contribution in [2.75, 3.05) is 0 Å². The minimum absolute atomic E-state index is 0.0315. The van der Waals surface area contributed by atoms with E-state index in [1.165, 1.54) is 11.3 Å². The van der Waals surface area contributed by atoms with Crippen molar-refractivity contribution in [3.8, 4) is 10.8 Å². The lowest BCUT2D eigenvalue weighted by molar-refractivity contribution is 0.0946. The molecule has 0 spiro atoms. The molecular formula is C21H17N3O3S. The molecule has 1 N–H and O–H groups in total.